The molecule has 7 heteroatoms. The van der Waals surface area contributed by atoms with Crippen LogP contribution < -0.4 is 10.6 Å². The van der Waals surface area contributed by atoms with E-state index >= 15 is 0 Å². The van der Waals surface area contributed by atoms with Crippen LogP contribution in [0.4, 0.5) is 10.7 Å². The Morgan fingerprint density at radius 3 is 2.73 bits per heavy atom. The van der Waals surface area contributed by atoms with Crippen LogP contribution in [0.1, 0.15) is 11.7 Å². The highest BCUT2D eigenvalue weighted by Gasteiger charge is 2.11. The van der Waals surface area contributed by atoms with Crippen LogP contribution >= 0.6 is 0 Å². The van der Waals surface area contributed by atoms with Crippen LogP contribution in [-0.4, -0.2) is 32.3 Å². The molecule has 3 rings (SSSR count). The molecular weight excluding hydrogens is 282 g/mol. The van der Waals surface area contributed by atoms with Crippen LogP contribution in [0.3, 0.4) is 0 Å². The molecule has 1 atom stereocenters. The van der Waals surface area contributed by atoms with Gasteiger partial charge in [0, 0.05) is 12.7 Å². The second-order valence-corrected chi connectivity index (χ2v) is 4.70. The van der Waals surface area contributed by atoms with Crippen LogP contribution in [-0.2, 0) is 0 Å². The normalized spacial score (nSPS) is 12.0. The number of aliphatic hydroxyl groups excluding tert-OH is 1. The Morgan fingerprint density at radius 1 is 1.18 bits per heavy atom. The molecule has 7 nitrogen and oxygen atoms in total. The van der Waals surface area contributed by atoms with E-state index in [0.717, 1.165) is 5.56 Å². The molecule has 3 N–H and O–H groups in total. The van der Waals surface area contributed by atoms with Crippen LogP contribution in [0.5, 0.6) is 0 Å². The number of anilines is 1. The maximum absolute atomic E-state index is 11.8. The van der Waals surface area contributed by atoms with Gasteiger partial charge in [0.2, 0.25) is 0 Å². The second kappa shape index (κ2) is 6.23. The number of benzene rings is 1. The van der Waals surface area contributed by atoms with E-state index in [1.54, 1.807) is 28.9 Å². The van der Waals surface area contributed by atoms with E-state index in [-0.39, 0.29) is 12.5 Å². The molecule has 0 unspecified atom stereocenters. The van der Waals surface area contributed by atoms with Gasteiger partial charge in [-0.1, -0.05) is 36.4 Å². The number of rotatable bonds is 4. The zero-order valence-corrected chi connectivity index (χ0v) is 11.7. The van der Waals surface area contributed by atoms with Gasteiger partial charge in [-0.2, -0.15) is 4.98 Å². The predicted octanol–water partition coefficient (Wildman–Crippen LogP) is 1.58. The van der Waals surface area contributed by atoms with Gasteiger partial charge in [-0.15, -0.1) is 5.10 Å². The molecule has 0 aliphatic heterocycles. The molecule has 1 aromatic carbocycles. The van der Waals surface area contributed by atoms with Gasteiger partial charge in [0.25, 0.3) is 5.95 Å². The number of aromatic nitrogens is 3. The summed E-state index contributed by atoms with van der Waals surface area (Å²) in [6, 6.07) is 14.1. The fourth-order valence-electron chi connectivity index (χ4n) is 2.01. The monoisotopic (exact) mass is 297 g/mol. The van der Waals surface area contributed by atoms with Crippen molar-refractivity contribution in [2.75, 3.05) is 11.9 Å². The molecule has 0 aliphatic rings. The van der Waals surface area contributed by atoms with Gasteiger partial charge in [-0.25, -0.2) is 9.31 Å². The molecule has 0 saturated heterocycles. The number of hydrogen-bond donors (Lipinski definition) is 3. The SMILES string of the molecule is O=C(NC[C@H](O)c1ccccc1)Nc1nc2ccccn2n1. The summed E-state index contributed by atoms with van der Waals surface area (Å²) >= 11 is 0. The Labute approximate surface area is 126 Å². The van der Waals surface area contributed by atoms with Crippen molar-refractivity contribution in [1.29, 1.82) is 0 Å². The number of nitrogens with one attached hydrogen (secondary N) is 2. The van der Waals surface area contributed by atoms with Crippen molar-refractivity contribution < 1.29 is 9.90 Å². The van der Waals surface area contributed by atoms with Gasteiger partial charge in [0.1, 0.15) is 0 Å². The number of carbonyl (C=O) groups excluding carboxylic acids is 1. The fraction of sp³-hybridized carbons (Fsp3) is 0.133. The van der Waals surface area contributed by atoms with E-state index in [1.165, 1.54) is 0 Å². The van der Waals surface area contributed by atoms with Crippen LogP contribution in [0.15, 0.2) is 54.7 Å². The minimum atomic E-state index is -0.763. The first-order chi connectivity index (χ1) is 10.7. The highest BCUT2D eigenvalue weighted by molar-refractivity contribution is 5.87. The molecule has 0 bridgehead atoms. The Hall–Kier alpha value is -2.93. The van der Waals surface area contributed by atoms with Gasteiger partial charge in [-0.3, -0.25) is 5.32 Å². The van der Waals surface area contributed by atoms with Gasteiger partial charge in [0.05, 0.1) is 6.10 Å². The van der Waals surface area contributed by atoms with E-state index < -0.39 is 12.1 Å². The molecular formula is C15H15N5O2. The zero-order valence-electron chi connectivity index (χ0n) is 11.7. The first-order valence-corrected chi connectivity index (χ1v) is 6.81. The minimum absolute atomic E-state index is 0.100. The molecule has 0 radical (unpaired) electrons. The fourth-order valence-corrected chi connectivity index (χ4v) is 2.01. The minimum Gasteiger partial charge on any atom is -0.387 e. The number of urea groups is 1. The summed E-state index contributed by atoms with van der Waals surface area (Å²) in [6.45, 7) is 0.100. The lowest BCUT2D eigenvalue weighted by atomic mass is 10.1. The molecule has 2 aromatic heterocycles. The van der Waals surface area contributed by atoms with Crippen molar-refractivity contribution >= 4 is 17.6 Å². The lowest BCUT2D eigenvalue weighted by Crippen LogP contribution is -2.32. The Morgan fingerprint density at radius 2 is 1.95 bits per heavy atom. The molecule has 2 amide bonds. The van der Waals surface area contributed by atoms with Gasteiger partial charge >= 0.3 is 6.03 Å². The molecule has 0 fully saturated rings. The average molecular weight is 297 g/mol. The van der Waals surface area contributed by atoms with E-state index in [1.807, 2.05) is 30.3 Å². The standard InChI is InChI=1S/C15H15N5O2/c21-12(11-6-2-1-3-7-11)10-16-15(22)18-14-17-13-8-4-5-9-20(13)19-14/h1-9,12,21H,10H2,(H2,16,18,19,22)/t12-/m0/s1. The number of amides is 2. The summed E-state index contributed by atoms with van der Waals surface area (Å²) in [7, 11) is 0. The van der Waals surface area contributed by atoms with Crippen molar-refractivity contribution in [2.45, 2.75) is 6.10 Å². The van der Waals surface area contributed by atoms with Crippen LogP contribution in [0, 0.1) is 0 Å². The number of hydrogen-bond acceptors (Lipinski definition) is 4. The maximum Gasteiger partial charge on any atom is 0.321 e. The van der Waals surface area contributed by atoms with Crippen molar-refractivity contribution in [3.63, 3.8) is 0 Å². The van der Waals surface area contributed by atoms with Gasteiger partial charge < -0.3 is 10.4 Å². The topological polar surface area (TPSA) is 91.5 Å². The number of pyridine rings is 1. The number of nitrogens with zero attached hydrogens (tertiary/aromatic N) is 3. The van der Waals surface area contributed by atoms with E-state index in [4.69, 9.17) is 0 Å². The molecule has 22 heavy (non-hydrogen) atoms. The molecule has 0 saturated carbocycles. The van der Waals surface area contributed by atoms with E-state index in [0.29, 0.717) is 5.65 Å². The van der Waals surface area contributed by atoms with Gasteiger partial charge in [0.15, 0.2) is 5.65 Å². The molecule has 2 heterocycles. The maximum atomic E-state index is 11.8. The lowest BCUT2D eigenvalue weighted by Gasteiger charge is -2.11. The summed E-state index contributed by atoms with van der Waals surface area (Å²) < 4.78 is 1.56. The Balaban J connectivity index is 1.56. The molecule has 0 spiro atoms. The number of fused-ring (bicyclic) bond motifs is 1. The highest BCUT2D eigenvalue weighted by Crippen LogP contribution is 2.10. The quantitative estimate of drug-likeness (QED) is 0.682. The largest absolute Gasteiger partial charge is 0.387 e. The highest BCUT2D eigenvalue weighted by atomic mass is 16.3. The summed E-state index contributed by atoms with van der Waals surface area (Å²) in [5, 5.41) is 19.2. The van der Waals surface area contributed by atoms with Crippen molar-refractivity contribution in [2.24, 2.45) is 0 Å². The third-order valence-electron chi connectivity index (χ3n) is 3.11. The van der Waals surface area contributed by atoms with Crippen molar-refractivity contribution in [3.05, 3.63) is 60.3 Å². The van der Waals surface area contributed by atoms with E-state index in [9.17, 15) is 9.90 Å². The van der Waals surface area contributed by atoms with Crippen LogP contribution in [0.2, 0.25) is 0 Å². The second-order valence-electron chi connectivity index (χ2n) is 4.70. The molecule has 112 valence electrons. The summed E-state index contributed by atoms with van der Waals surface area (Å²) in [5.74, 6) is 0.206. The Bertz CT molecular complexity index is 739. The van der Waals surface area contributed by atoms with Crippen molar-refractivity contribution in [3.8, 4) is 0 Å². The number of carbonyl (C=O) groups is 1. The third kappa shape index (κ3) is 3.21. The Kier molecular flexibility index (Phi) is 3.97. The van der Waals surface area contributed by atoms with E-state index in [2.05, 4.69) is 20.7 Å². The molecule has 3 aromatic rings. The third-order valence-corrected chi connectivity index (χ3v) is 3.11. The number of aliphatic hydroxyl groups is 1. The first kappa shape index (κ1) is 14.0. The molecule has 0 aliphatic carbocycles. The summed E-state index contributed by atoms with van der Waals surface area (Å²) in [6.07, 6.45) is 0.978. The lowest BCUT2D eigenvalue weighted by molar-refractivity contribution is 0.175. The van der Waals surface area contributed by atoms with Gasteiger partial charge in [-0.05, 0) is 17.7 Å². The average Bonchev–Trinajstić information content (AvgIpc) is 2.95. The first-order valence-electron chi connectivity index (χ1n) is 6.81. The smallest absolute Gasteiger partial charge is 0.321 e. The summed E-state index contributed by atoms with van der Waals surface area (Å²) in [4.78, 5) is 16.0. The van der Waals surface area contributed by atoms with Crippen LogP contribution in [0.25, 0.3) is 5.65 Å². The summed E-state index contributed by atoms with van der Waals surface area (Å²) in [5.41, 5.74) is 1.38. The predicted molar refractivity (Wildman–Crippen MR) is 81.4 cm³/mol. The zero-order chi connectivity index (χ0) is 15.4. The van der Waals surface area contributed by atoms with Crippen molar-refractivity contribution in [1.82, 2.24) is 19.9 Å².